The molecule has 0 saturated carbocycles. The summed E-state index contributed by atoms with van der Waals surface area (Å²) in [5.74, 6) is 0.507. The van der Waals surface area contributed by atoms with Crippen molar-refractivity contribution in [2.45, 2.75) is 13.8 Å². The van der Waals surface area contributed by atoms with Crippen LogP contribution in [0.5, 0.6) is 11.5 Å². The van der Waals surface area contributed by atoms with Crippen LogP contribution in [-0.4, -0.2) is 24.3 Å². The van der Waals surface area contributed by atoms with Crippen molar-refractivity contribution in [2.75, 3.05) is 13.2 Å². The molecule has 2 rings (SSSR count). The van der Waals surface area contributed by atoms with Crippen LogP contribution in [-0.2, 0) is 0 Å². The van der Waals surface area contributed by atoms with Gasteiger partial charge in [-0.2, -0.15) is 0 Å². The van der Waals surface area contributed by atoms with E-state index in [0.29, 0.717) is 23.4 Å². The number of rotatable bonds is 6. The highest BCUT2D eigenvalue weighted by Crippen LogP contribution is 2.26. The van der Waals surface area contributed by atoms with E-state index in [0.717, 1.165) is 16.9 Å². The highest BCUT2D eigenvalue weighted by Gasteiger charge is 2.08. The Balaban J connectivity index is 1.90. The number of carbonyl (C=O) groups is 1. The first-order valence-corrected chi connectivity index (χ1v) is 7.63. The predicted molar refractivity (Wildman–Crippen MR) is 88.0 cm³/mol. The molecule has 0 heterocycles. The minimum Gasteiger partial charge on any atom is -0.489 e. The van der Waals surface area contributed by atoms with E-state index in [4.69, 9.17) is 14.6 Å². The van der Waals surface area contributed by atoms with Gasteiger partial charge >= 0.3 is 5.97 Å². The van der Waals surface area contributed by atoms with Crippen LogP contribution in [0.15, 0.2) is 40.9 Å². The van der Waals surface area contributed by atoms with Gasteiger partial charge in [-0.1, -0.05) is 18.2 Å². The number of ether oxygens (including phenoxy) is 2. The van der Waals surface area contributed by atoms with Gasteiger partial charge in [0.2, 0.25) is 0 Å². The summed E-state index contributed by atoms with van der Waals surface area (Å²) in [4.78, 5) is 10.9. The maximum Gasteiger partial charge on any atom is 0.335 e. The summed E-state index contributed by atoms with van der Waals surface area (Å²) < 4.78 is 12.0. The number of aromatic carboxylic acids is 1. The molecule has 2 aromatic carbocycles. The largest absolute Gasteiger partial charge is 0.489 e. The van der Waals surface area contributed by atoms with Gasteiger partial charge in [-0.15, -0.1) is 0 Å². The Bertz CT molecular complexity index is 662. The highest BCUT2D eigenvalue weighted by molar-refractivity contribution is 9.10. The third-order valence-corrected chi connectivity index (χ3v) is 3.79. The minimum atomic E-state index is -0.967. The van der Waals surface area contributed by atoms with E-state index in [1.54, 1.807) is 6.07 Å². The van der Waals surface area contributed by atoms with E-state index >= 15 is 0 Å². The quantitative estimate of drug-likeness (QED) is 0.779. The molecule has 0 aliphatic heterocycles. The molecule has 0 radical (unpaired) electrons. The fourth-order valence-electron chi connectivity index (χ4n) is 2.07. The van der Waals surface area contributed by atoms with E-state index in [1.807, 2.05) is 32.0 Å². The second-order valence-electron chi connectivity index (χ2n) is 4.87. The fourth-order valence-corrected chi connectivity index (χ4v) is 2.57. The minimum absolute atomic E-state index is 0.214. The Labute approximate surface area is 137 Å². The first kappa shape index (κ1) is 16.4. The first-order valence-electron chi connectivity index (χ1n) is 6.83. The molecule has 5 heteroatoms. The fraction of sp³-hybridized carbons (Fsp3) is 0.235. The molecule has 2 aromatic rings. The summed E-state index contributed by atoms with van der Waals surface area (Å²) in [6.07, 6.45) is 0. The van der Waals surface area contributed by atoms with Gasteiger partial charge in [0.1, 0.15) is 24.7 Å². The van der Waals surface area contributed by atoms with Crippen molar-refractivity contribution in [3.63, 3.8) is 0 Å². The Morgan fingerprint density at radius 1 is 1.09 bits per heavy atom. The zero-order chi connectivity index (χ0) is 16.1. The van der Waals surface area contributed by atoms with Crippen molar-refractivity contribution in [1.82, 2.24) is 0 Å². The van der Waals surface area contributed by atoms with Crippen LogP contribution in [0, 0.1) is 13.8 Å². The zero-order valence-electron chi connectivity index (χ0n) is 12.4. The summed E-state index contributed by atoms with van der Waals surface area (Å²) in [6.45, 7) is 4.80. The Morgan fingerprint density at radius 2 is 1.73 bits per heavy atom. The Hall–Kier alpha value is -2.01. The summed E-state index contributed by atoms with van der Waals surface area (Å²) in [7, 11) is 0. The SMILES string of the molecule is Cc1cccc(C)c1OCCOc1ccc(C(=O)O)cc1Br. The average Bonchev–Trinajstić information content (AvgIpc) is 2.47. The van der Waals surface area contributed by atoms with Crippen LogP contribution in [0.4, 0.5) is 0 Å². The van der Waals surface area contributed by atoms with E-state index in [9.17, 15) is 4.79 Å². The summed E-state index contributed by atoms with van der Waals surface area (Å²) >= 11 is 3.31. The number of aryl methyl sites for hydroxylation is 2. The highest BCUT2D eigenvalue weighted by atomic mass is 79.9. The third kappa shape index (κ3) is 4.01. The van der Waals surface area contributed by atoms with Crippen LogP contribution >= 0.6 is 15.9 Å². The summed E-state index contributed by atoms with van der Waals surface area (Å²) in [5, 5.41) is 8.91. The Morgan fingerprint density at radius 3 is 2.32 bits per heavy atom. The standard InChI is InChI=1S/C17H17BrO4/c1-11-4-3-5-12(2)16(11)22-9-8-21-15-7-6-13(17(19)20)10-14(15)18/h3-7,10H,8-9H2,1-2H3,(H,19,20). The van der Waals surface area contributed by atoms with Gasteiger partial charge in [-0.25, -0.2) is 4.79 Å². The lowest BCUT2D eigenvalue weighted by Gasteiger charge is -2.13. The molecule has 0 atom stereocenters. The van der Waals surface area contributed by atoms with Crippen molar-refractivity contribution in [3.8, 4) is 11.5 Å². The molecule has 0 fully saturated rings. The van der Waals surface area contributed by atoms with E-state index < -0.39 is 5.97 Å². The molecule has 22 heavy (non-hydrogen) atoms. The van der Waals surface area contributed by atoms with Crippen LogP contribution < -0.4 is 9.47 Å². The maximum absolute atomic E-state index is 10.9. The van der Waals surface area contributed by atoms with Crippen LogP contribution in [0.2, 0.25) is 0 Å². The number of halogens is 1. The molecular formula is C17H17BrO4. The van der Waals surface area contributed by atoms with Crippen molar-refractivity contribution >= 4 is 21.9 Å². The van der Waals surface area contributed by atoms with Gasteiger partial charge in [-0.3, -0.25) is 0 Å². The van der Waals surface area contributed by atoms with Crippen molar-refractivity contribution in [1.29, 1.82) is 0 Å². The number of hydrogen-bond donors (Lipinski definition) is 1. The van der Waals surface area contributed by atoms with Gasteiger partial charge < -0.3 is 14.6 Å². The number of benzene rings is 2. The van der Waals surface area contributed by atoms with Gasteiger partial charge in [-0.05, 0) is 59.1 Å². The number of carboxylic acid groups (broad SMARTS) is 1. The monoisotopic (exact) mass is 364 g/mol. The number of hydrogen-bond acceptors (Lipinski definition) is 3. The van der Waals surface area contributed by atoms with Gasteiger partial charge in [0.05, 0.1) is 10.0 Å². The summed E-state index contributed by atoms with van der Waals surface area (Å²) in [5.41, 5.74) is 2.39. The molecule has 0 bridgehead atoms. The second-order valence-corrected chi connectivity index (χ2v) is 5.72. The van der Waals surface area contributed by atoms with Gasteiger partial charge in [0.25, 0.3) is 0 Å². The molecule has 4 nitrogen and oxygen atoms in total. The molecule has 0 spiro atoms. The molecule has 0 aromatic heterocycles. The second kappa shape index (κ2) is 7.31. The van der Waals surface area contributed by atoms with Gasteiger partial charge in [0.15, 0.2) is 0 Å². The smallest absolute Gasteiger partial charge is 0.335 e. The molecule has 0 aliphatic carbocycles. The lowest BCUT2D eigenvalue weighted by atomic mass is 10.1. The lowest BCUT2D eigenvalue weighted by Crippen LogP contribution is -2.10. The van der Waals surface area contributed by atoms with E-state index in [1.165, 1.54) is 12.1 Å². The lowest BCUT2D eigenvalue weighted by molar-refractivity contribution is 0.0696. The molecule has 0 amide bonds. The van der Waals surface area contributed by atoms with Crippen molar-refractivity contribution in [2.24, 2.45) is 0 Å². The topological polar surface area (TPSA) is 55.8 Å². The molecule has 116 valence electrons. The predicted octanol–water partition coefficient (Wildman–Crippen LogP) is 4.22. The van der Waals surface area contributed by atoms with Crippen molar-refractivity contribution < 1.29 is 19.4 Å². The Kier molecular flexibility index (Phi) is 5.44. The normalized spacial score (nSPS) is 10.3. The van der Waals surface area contributed by atoms with Crippen LogP contribution in [0.1, 0.15) is 21.5 Å². The van der Waals surface area contributed by atoms with Crippen LogP contribution in [0.25, 0.3) is 0 Å². The molecule has 0 unspecified atom stereocenters. The molecular weight excluding hydrogens is 348 g/mol. The maximum atomic E-state index is 10.9. The molecule has 0 saturated heterocycles. The zero-order valence-corrected chi connectivity index (χ0v) is 14.0. The van der Waals surface area contributed by atoms with Crippen LogP contribution in [0.3, 0.4) is 0 Å². The molecule has 0 aliphatic rings. The van der Waals surface area contributed by atoms with E-state index in [2.05, 4.69) is 15.9 Å². The van der Waals surface area contributed by atoms with Gasteiger partial charge in [0, 0.05) is 0 Å². The average molecular weight is 365 g/mol. The van der Waals surface area contributed by atoms with Crippen molar-refractivity contribution in [3.05, 3.63) is 57.6 Å². The number of para-hydroxylation sites is 1. The number of carboxylic acids is 1. The van der Waals surface area contributed by atoms with E-state index in [-0.39, 0.29) is 5.56 Å². The molecule has 1 N–H and O–H groups in total. The first-order chi connectivity index (χ1) is 10.5. The third-order valence-electron chi connectivity index (χ3n) is 3.17. The summed E-state index contributed by atoms with van der Waals surface area (Å²) in [6, 6.07) is 10.7.